The molecule has 3 heteroatoms. The van der Waals surface area contributed by atoms with Crippen LogP contribution < -0.4 is 0 Å². The molecule has 0 spiro atoms. The van der Waals surface area contributed by atoms with Gasteiger partial charge in [-0.05, 0) is 23.6 Å². The lowest BCUT2D eigenvalue weighted by molar-refractivity contribution is 0.362. The normalized spacial score (nSPS) is 12.3. The number of halogens is 1. The molecule has 2 rings (SSSR count). The first-order chi connectivity index (χ1) is 6.94. The van der Waals surface area contributed by atoms with Gasteiger partial charge in [0.1, 0.15) is 5.52 Å². The van der Waals surface area contributed by atoms with Crippen LogP contribution in [-0.4, -0.2) is 4.98 Å². The summed E-state index contributed by atoms with van der Waals surface area (Å²) in [6.45, 7) is 6.54. The van der Waals surface area contributed by atoms with E-state index in [2.05, 4.69) is 41.7 Å². The van der Waals surface area contributed by atoms with Crippen LogP contribution in [0.5, 0.6) is 0 Å². The van der Waals surface area contributed by atoms with E-state index in [1.807, 2.05) is 18.2 Å². The van der Waals surface area contributed by atoms with Crippen LogP contribution in [0.2, 0.25) is 0 Å². The molecule has 80 valence electrons. The third-order valence-electron chi connectivity index (χ3n) is 2.08. The highest BCUT2D eigenvalue weighted by molar-refractivity contribution is 9.10. The Hall–Kier alpha value is -0.830. The van der Waals surface area contributed by atoms with Crippen molar-refractivity contribution in [2.75, 3.05) is 0 Å². The van der Waals surface area contributed by atoms with Gasteiger partial charge in [0.15, 0.2) is 11.5 Å². The highest BCUT2D eigenvalue weighted by Gasteiger charge is 2.15. The number of hydrogen-bond acceptors (Lipinski definition) is 2. The van der Waals surface area contributed by atoms with Crippen LogP contribution in [0.3, 0.4) is 0 Å². The van der Waals surface area contributed by atoms with Gasteiger partial charge in [0.05, 0.1) is 0 Å². The van der Waals surface area contributed by atoms with Crippen molar-refractivity contribution in [3.63, 3.8) is 0 Å². The third kappa shape index (κ3) is 2.59. The molecule has 15 heavy (non-hydrogen) atoms. The zero-order valence-corrected chi connectivity index (χ0v) is 10.8. The summed E-state index contributed by atoms with van der Waals surface area (Å²) in [5.74, 6) is 0.815. The molecule has 1 aromatic carbocycles. The topological polar surface area (TPSA) is 26.0 Å². The first-order valence-electron chi connectivity index (χ1n) is 4.99. The zero-order valence-electron chi connectivity index (χ0n) is 9.17. The molecule has 2 nitrogen and oxygen atoms in total. The van der Waals surface area contributed by atoms with Crippen molar-refractivity contribution in [3.05, 3.63) is 28.6 Å². The van der Waals surface area contributed by atoms with Gasteiger partial charge in [0.2, 0.25) is 0 Å². The predicted octanol–water partition coefficient (Wildman–Crippen LogP) is 4.18. The second-order valence-electron chi connectivity index (χ2n) is 4.96. The standard InChI is InChI=1S/C12H14BrNO/c1-12(2,3)7-11-14-9-6-8(13)4-5-10(9)15-11/h4-6H,7H2,1-3H3. The number of hydrogen-bond donors (Lipinski definition) is 0. The fraction of sp³-hybridized carbons (Fsp3) is 0.417. The largest absolute Gasteiger partial charge is 0.441 e. The Morgan fingerprint density at radius 2 is 2.07 bits per heavy atom. The number of rotatable bonds is 1. The van der Waals surface area contributed by atoms with Gasteiger partial charge in [0.25, 0.3) is 0 Å². The van der Waals surface area contributed by atoms with E-state index in [1.165, 1.54) is 0 Å². The van der Waals surface area contributed by atoms with Crippen LogP contribution in [0.15, 0.2) is 27.1 Å². The van der Waals surface area contributed by atoms with Gasteiger partial charge >= 0.3 is 0 Å². The molecule has 0 fully saturated rings. The molecule has 0 aliphatic carbocycles. The first kappa shape index (κ1) is 10.7. The monoisotopic (exact) mass is 267 g/mol. The average molecular weight is 268 g/mol. The van der Waals surface area contributed by atoms with E-state index >= 15 is 0 Å². The quantitative estimate of drug-likeness (QED) is 0.775. The molecule has 0 amide bonds. The lowest BCUT2D eigenvalue weighted by Gasteiger charge is -2.14. The van der Waals surface area contributed by atoms with Crippen LogP contribution in [-0.2, 0) is 6.42 Å². The van der Waals surface area contributed by atoms with E-state index in [0.29, 0.717) is 0 Å². The maximum absolute atomic E-state index is 5.67. The van der Waals surface area contributed by atoms with E-state index < -0.39 is 0 Å². The maximum Gasteiger partial charge on any atom is 0.195 e. The highest BCUT2D eigenvalue weighted by Crippen LogP contribution is 2.25. The van der Waals surface area contributed by atoms with Gasteiger partial charge in [-0.25, -0.2) is 4.98 Å². The SMILES string of the molecule is CC(C)(C)Cc1nc2cc(Br)ccc2o1. The molecule has 0 radical (unpaired) electrons. The van der Waals surface area contributed by atoms with E-state index in [0.717, 1.165) is 27.9 Å². The van der Waals surface area contributed by atoms with E-state index in [1.54, 1.807) is 0 Å². The van der Waals surface area contributed by atoms with E-state index in [4.69, 9.17) is 4.42 Å². The average Bonchev–Trinajstić information content (AvgIpc) is 2.42. The molecular formula is C12H14BrNO. The first-order valence-corrected chi connectivity index (χ1v) is 5.78. The molecule has 0 saturated heterocycles. The molecule has 0 aliphatic heterocycles. The van der Waals surface area contributed by atoms with Crippen molar-refractivity contribution in [1.29, 1.82) is 0 Å². The van der Waals surface area contributed by atoms with Crippen molar-refractivity contribution in [3.8, 4) is 0 Å². The Kier molecular flexibility index (Phi) is 2.59. The molecule has 0 aliphatic rings. The zero-order chi connectivity index (χ0) is 11.1. The van der Waals surface area contributed by atoms with E-state index in [-0.39, 0.29) is 5.41 Å². The summed E-state index contributed by atoms with van der Waals surface area (Å²) in [5.41, 5.74) is 1.99. The van der Waals surface area contributed by atoms with E-state index in [9.17, 15) is 0 Å². The van der Waals surface area contributed by atoms with Gasteiger partial charge in [-0.15, -0.1) is 0 Å². The fourth-order valence-electron chi connectivity index (χ4n) is 1.48. The van der Waals surface area contributed by atoms with Crippen molar-refractivity contribution < 1.29 is 4.42 Å². The second kappa shape index (κ2) is 3.63. The lowest BCUT2D eigenvalue weighted by atomic mass is 9.92. The Bertz CT molecular complexity index is 482. The van der Waals surface area contributed by atoms with Crippen molar-refractivity contribution >= 4 is 27.0 Å². The van der Waals surface area contributed by atoms with Gasteiger partial charge < -0.3 is 4.42 Å². The maximum atomic E-state index is 5.67. The molecule has 0 bridgehead atoms. The van der Waals surface area contributed by atoms with Gasteiger partial charge in [-0.3, -0.25) is 0 Å². The summed E-state index contributed by atoms with van der Waals surface area (Å²) in [5, 5.41) is 0. The number of benzene rings is 1. The summed E-state index contributed by atoms with van der Waals surface area (Å²) in [6.07, 6.45) is 0.860. The van der Waals surface area contributed by atoms with Crippen molar-refractivity contribution in [1.82, 2.24) is 4.98 Å². The van der Waals surface area contributed by atoms with Gasteiger partial charge in [-0.1, -0.05) is 36.7 Å². The number of nitrogens with zero attached hydrogens (tertiary/aromatic N) is 1. The van der Waals surface area contributed by atoms with Gasteiger partial charge in [0, 0.05) is 10.9 Å². The van der Waals surface area contributed by atoms with Crippen molar-refractivity contribution in [2.24, 2.45) is 5.41 Å². The smallest absolute Gasteiger partial charge is 0.195 e. The minimum atomic E-state index is 0.206. The second-order valence-corrected chi connectivity index (χ2v) is 5.87. The van der Waals surface area contributed by atoms with Crippen LogP contribution in [0.1, 0.15) is 26.7 Å². The summed E-state index contributed by atoms with van der Waals surface area (Å²) in [4.78, 5) is 4.46. The Morgan fingerprint density at radius 3 is 2.73 bits per heavy atom. The summed E-state index contributed by atoms with van der Waals surface area (Å²) in [7, 11) is 0. The molecule has 0 N–H and O–H groups in total. The van der Waals surface area contributed by atoms with Crippen molar-refractivity contribution in [2.45, 2.75) is 27.2 Å². The minimum absolute atomic E-state index is 0.206. The van der Waals surface area contributed by atoms with Gasteiger partial charge in [-0.2, -0.15) is 0 Å². The molecule has 1 aromatic heterocycles. The lowest BCUT2D eigenvalue weighted by Crippen LogP contribution is -2.09. The molecule has 2 aromatic rings. The summed E-state index contributed by atoms with van der Waals surface area (Å²) in [6, 6.07) is 5.89. The highest BCUT2D eigenvalue weighted by atomic mass is 79.9. The van der Waals surface area contributed by atoms with Crippen LogP contribution in [0.4, 0.5) is 0 Å². The summed E-state index contributed by atoms with van der Waals surface area (Å²) < 4.78 is 6.70. The number of fused-ring (bicyclic) bond motifs is 1. The predicted molar refractivity (Wildman–Crippen MR) is 64.9 cm³/mol. The van der Waals surface area contributed by atoms with Crippen LogP contribution in [0, 0.1) is 5.41 Å². The number of aromatic nitrogens is 1. The Labute approximate surface area is 97.8 Å². The Morgan fingerprint density at radius 1 is 1.33 bits per heavy atom. The molecular weight excluding hydrogens is 254 g/mol. The fourth-order valence-corrected chi connectivity index (χ4v) is 1.83. The third-order valence-corrected chi connectivity index (χ3v) is 2.57. The van der Waals surface area contributed by atoms with Crippen LogP contribution >= 0.6 is 15.9 Å². The number of oxazole rings is 1. The molecule has 0 unspecified atom stereocenters. The molecule has 0 atom stereocenters. The molecule has 1 heterocycles. The minimum Gasteiger partial charge on any atom is -0.441 e. The summed E-state index contributed by atoms with van der Waals surface area (Å²) >= 11 is 3.42. The molecule has 0 saturated carbocycles. The Balaban J connectivity index is 2.39. The van der Waals surface area contributed by atoms with Crippen LogP contribution in [0.25, 0.3) is 11.1 Å².